The summed E-state index contributed by atoms with van der Waals surface area (Å²) in [6, 6.07) is 12.7. The van der Waals surface area contributed by atoms with E-state index in [1.165, 1.54) is 29.2 Å². The van der Waals surface area contributed by atoms with E-state index in [2.05, 4.69) is 64.3 Å². The van der Waals surface area contributed by atoms with Crippen molar-refractivity contribution < 1.29 is 4.79 Å². The van der Waals surface area contributed by atoms with Crippen molar-refractivity contribution >= 4 is 34.2 Å². The maximum atomic E-state index is 11.2. The number of hydrogen-bond acceptors (Lipinski definition) is 1. The Bertz CT molecular complexity index is 649. The Kier molecular flexibility index (Phi) is 2.86. The molecule has 3 rings (SSSR count). The minimum Gasteiger partial charge on any atom is -0.325 e. The fraction of sp³-hybridized carbons (Fsp3) is 0.133. The van der Waals surface area contributed by atoms with Crippen molar-refractivity contribution in [3.8, 4) is 11.1 Å². The maximum Gasteiger partial charge on any atom is 0.221 e. The van der Waals surface area contributed by atoms with Gasteiger partial charge in [-0.2, -0.15) is 0 Å². The highest BCUT2D eigenvalue weighted by Crippen LogP contribution is 2.39. The molecule has 0 bridgehead atoms. The summed E-state index contributed by atoms with van der Waals surface area (Å²) < 4.78 is 1.08. The SMILES string of the molecule is CC(=O)Nc1cc2c(cc1I)-c1ccccc1C2. The average molecular weight is 349 g/mol. The molecule has 1 N–H and O–H groups in total. The smallest absolute Gasteiger partial charge is 0.221 e. The van der Waals surface area contributed by atoms with Crippen molar-refractivity contribution in [1.29, 1.82) is 0 Å². The van der Waals surface area contributed by atoms with Crippen molar-refractivity contribution in [2.45, 2.75) is 13.3 Å². The highest BCUT2D eigenvalue weighted by Gasteiger charge is 2.19. The Morgan fingerprint density at radius 1 is 1.17 bits per heavy atom. The van der Waals surface area contributed by atoms with E-state index in [1.54, 1.807) is 0 Å². The summed E-state index contributed by atoms with van der Waals surface area (Å²) in [6.07, 6.45) is 0.953. The summed E-state index contributed by atoms with van der Waals surface area (Å²) in [5.41, 5.74) is 6.18. The van der Waals surface area contributed by atoms with Crippen LogP contribution in [-0.4, -0.2) is 5.91 Å². The number of hydrogen-bond donors (Lipinski definition) is 1. The van der Waals surface area contributed by atoms with Gasteiger partial charge in [0.2, 0.25) is 5.91 Å². The highest BCUT2D eigenvalue weighted by molar-refractivity contribution is 14.1. The van der Waals surface area contributed by atoms with Gasteiger partial charge in [0.15, 0.2) is 0 Å². The standard InChI is InChI=1S/C15H12INO/c1-9(18)17-15-7-11-6-10-4-2-3-5-12(10)13(11)8-14(15)16/h2-5,7-8H,6H2,1H3,(H,17,18). The zero-order valence-electron chi connectivity index (χ0n) is 9.96. The summed E-state index contributed by atoms with van der Waals surface area (Å²) in [7, 11) is 0. The molecule has 0 saturated heterocycles. The van der Waals surface area contributed by atoms with Crippen LogP contribution in [0.4, 0.5) is 5.69 Å². The Balaban J connectivity index is 2.11. The number of halogens is 1. The second-order valence-corrected chi connectivity index (χ2v) is 5.67. The monoisotopic (exact) mass is 349 g/mol. The van der Waals surface area contributed by atoms with Crippen molar-refractivity contribution in [1.82, 2.24) is 0 Å². The van der Waals surface area contributed by atoms with Gasteiger partial charge < -0.3 is 5.32 Å². The molecule has 0 aromatic heterocycles. The lowest BCUT2D eigenvalue weighted by Gasteiger charge is -2.09. The molecule has 1 aliphatic carbocycles. The van der Waals surface area contributed by atoms with Crippen LogP contribution >= 0.6 is 22.6 Å². The molecule has 1 aliphatic rings. The van der Waals surface area contributed by atoms with Crippen molar-refractivity contribution in [2.75, 3.05) is 5.32 Å². The summed E-state index contributed by atoms with van der Waals surface area (Å²) in [5, 5.41) is 2.88. The molecule has 90 valence electrons. The normalized spacial score (nSPS) is 11.9. The first-order valence-electron chi connectivity index (χ1n) is 5.83. The third-order valence-electron chi connectivity index (χ3n) is 3.19. The molecule has 3 heteroatoms. The molecule has 0 saturated carbocycles. The largest absolute Gasteiger partial charge is 0.325 e. The first-order valence-corrected chi connectivity index (χ1v) is 6.91. The number of rotatable bonds is 1. The van der Waals surface area contributed by atoms with Crippen LogP contribution in [0.25, 0.3) is 11.1 Å². The Morgan fingerprint density at radius 3 is 2.72 bits per heavy atom. The molecule has 2 aromatic rings. The van der Waals surface area contributed by atoms with Gasteiger partial charge in [0, 0.05) is 10.5 Å². The molecular weight excluding hydrogens is 337 g/mol. The molecule has 2 nitrogen and oxygen atoms in total. The number of nitrogens with one attached hydrogen (secondary N) is 1. The molecule has 18 heavy (non-hydrogen) atoms. The van der Waals surface area contributed by atoms with E-state index in [4.69, 9.17) is 0 Å². The average Bonchev–Trinajstić information content (AvgIpc) is 2.67. The van der Waals surface area contributed by atoms with Crippen LogP contribution in [0.5, 0.6) is 0 Å². The first-order chi connectivity index (χ1) is 8.65. The second kappa shape index (κ2) is 4.39. The van der Waals surface area contributed by atoms with E-state index in [1.807, 2.05) is 0 Å². The number of amides is 1. The van der Waals surface area contributed by atoms with Gasteiger partial charge in [0.05, 0.1) is 5.69 Å². The fourth-order valence-electron chi connectivity index (χ4n) is 2.44. The van der Waals surface area contributed by atoms with Gasteiger partial charge >= 0.3 is 0 Å². The third kappa shape index (κ3) is 1.92. The lowest BCUT2D eigenvalue weighted by atomic mass is 10.1. The van der Waals surface area contributed by atoms with Crippen LogP contribution in [0.3, 0.4) is 0 Å². The van der Waals surface area contributed by atoms with E-state index >= 15 is 0 Å². The molecule has 0 radical (unpaired) electrons. The van der Waals surface area contributed by atoms with Crippen LogP contribution in [0.15, 0.2) is 36.4 Å². The fourth-order valence-corrected chi connectivity index (χ4v) is 3.04. The lowest BCUT2D eigenvalue weighted by molar-refractivity contribution is -0.114. The van der Waals surface area contributed by atoms with E-state index in [0.29, 0.717) is 0 Å². The minimum atomic E-state index is -0.0247. The predicted molar refractivity (Wildman–Crippen MR) is 81.7 cm³/mol. The molecule has 0 spiro atoms. The molecule has 1 amide bonds. The third-order valence-corrected chi connectivity index (χ3v) is 4.08. The van der Waals surface area contributed by atoms with E-state index in [9.17, 15) is 4.79 Å². The van der Waals surface area contributed by atoms with E-state index in [0.717, 1.165) is 15.7 Å². The lowest BCUT2D eigenvalue weighted by Crippen LogP contribution is -2.07. The van der Waals surface area contributed by atoms with Crippen molar-refractivity contribution in [3.05, 3.63) is 51.1 Å². The number of carbonyl (C=O) groups excluding carboxylic acids is 1. The molecule has 0 atom stereocenters. The van der Waals surface area contributed by atoms with Gasteiger partial charge in [-0.05, 0) is 63.4 Å². The van der Waals surface area contributed by atoms with Gasteiger partial charge in [0.1, 0.15) is 0 Å². The molecule has 2 aromatic carbocycles. The van der Waals surface area contributed by atoms with Crippen LogP contribution in [0, 0.1) is 3.57 Å². The summed E-state index contributed by atoms with van der Waals surface area (Å²) in [6.45, 7) is 1.54. The Morgan fingerprint density at radius 2 is 1.94 bits per heavy atom. The number of fused-ring (bicyclic) bond motifs is 3. The number of benzene rings is 2. The summed E-state index contributed by atoms with van der Waals surface area (Å²) in [4.78, 5) is 11.2. The van der Waals surface area contributed by atoms with Crippen molar-refractivity contribution in [2.24, 2.45) is 0 Å². The Hall–Kier alpha value is -1.36. The molecule has 0 heterocycles. The zero-order chi connectivity index (χ0) is 12.7. The highest BCUT2D eigenvalue weighted by atomic mass is 127. The topological polar surface area (TPSA) is 29.1 Å². The summed E-state index contributed by atoms with van der Waals surface area (Å²) >= 11 is 2.27. The van der Waals surface area contributed by atoms with Gasteiger partial charge in [-0.25, -0.2) is 0 Å². The first kappa shape index (κ1) is 11.7. The molecule has 0 aliphatic heterocycles. The number of anilines is 1. The summed E-state index contributed by atoms with van der Waals surface area (Å²) in [5.74, 6) is -0.0247. The molecule has 0 unspecified atom stereocenters. The zero-order valence-corrected chi connectivity index (χ0v) is 12.1. The van der Waals surface area contributed by atoms with E-state index < -0.39 is 0 Å². The second-order valence-electron chi connectivity index (χ2n) is 4.50. The van der Waals surface area contributed by atoms with Gasteiger partial charge in [-0.3, -0.25) is 4.79 Å². The molecule has 0 fully saturated rings. The quantitative estimate of drug-likeness (QED) is 0.665. The molecular formula is C15H12INO. The number of carbonyl (C=O) groups is 1. The van der Waals surface area contributed by atoms with Crippen molar-refractivity contribution in [3.63, 3.8) is 0 Å². The van der Waals surface area contributed by atoms with Crippen LogP contribution in [-0.2, 0) is 11.2 Å². The minimum absolute atomic E-state index is 0.0247. The van der Waals surface area contributed by atoms with Gasteiger partial charge in [0.25, 0.3) is 0 Å². The van der Waals surface area contributed by atoms with Crippen LogP contribution in [0.1, 0.15) is 18.1 Å². The van der Waals surface area contributed by atoms with Gasteiger partial charge in [-0.1, -0.05) is 24.3 Å². The van der Waals surface area contributed by atoms with Crippen LogP contribution in [0.2, 0.25) is 0 Å². The van der Waals surface area contributed by atoms with Crippen LogP contribution < -0.4 is 5.32 Å². The van der Waals surface area contributed by atoms with Gasteiger partial charge in [-0.15, -0.1) is 0 Å². The maximum absolute atomic E-state index is 11.2. The Labute approximate surface area is 120 Å². The van der Waals surface area contributed by atoms with E-state index in [-0.39, 0.29) is 5.91 Å². The predicted octanol–water partition coefficient (Wildman–Crippen LogP) is 3.82.